The van der Waals surface area contributed by atoms with Crippen molar-refractivity contribution in [3.05, 3.63) is 66.2 Å². The maximum Gasteiger partial charge on any atom is 0.234 e. The molecule has 4 nitrogen and oxygen atoms in total. The van der Waals surface area contributed by atoms with Gasteiger partial charge in [-0.15, -0.1) is 0 Å². The van der Waals surface area contributed by atoms with E-state index in [9.17, 15) is 4.79 Å². The first-order chi connectivity index (χ1) is 12.6. The second-order valence-electron chi connectivity index (χ2n) is 7.30. The molecule has 0 radical (unpaired) electrons. The fourth-order valence-electron chi connectivity index (χ4n) is 3.52. The first-order valence-corrected chi connectivity index (χ1v) is 9.50. The van der Waals surface area contributed by atoms with Crippen LogP contribution in [0.4, 0.5) is 5.69 Å². The summed E-state index contributed by atoms with van der Waals surface area (Å²) in [6, 6.07) is 20.8. The Kier molecular flexibility index (Phi) is 6.29. The van der Waals surface area contributed by atoms with Crippen LogP contribution in [-0.2, 0) is 4.79 Å². The van der Waals surface area contributed by atoms with Crippen LogP contribution < -0.4 is 10.2 Å². The quantitative estimate of drug-likeness (QED) is 0.867. The van der Waals surface area contributed by atoms with Crippen molar-refractivity contribution in [3.63, 3.8) is 0 Å². The van der Waals surface area contributed by atoms with Gasteiger partial charge in [0.05, 0.1) is 12.6 Å². The van der Waals surface area contributed by atoms with Crippen molar-refractivity contribution in [1.29, 1.82) is 0 Å². The van der Waals surface area contributed by atoms with Gasteiger partial charge in [-0.1, -0.05) is 62.4 Å². The summed E-state index contributed by atoms with van der Waals surface area (Å²) in [5.41, 5.74) is 2.44. The van der Waals surface area contributed by atoms with Gasteiger partial charge in [-0.2, -0.15) is 0 Å². The minimum absolute atomic E-state index is 0.0642. The van der Waals surface area contributed by atoms with Crippen molar-refractivity contribution in [1.82, 2.24) is 10.2 Å². The average molecular weight is 351 g/mol. The number of piperazine rings is 1. The molecule has 3 rings (SSSR count). The zero-order valence-corrected chi connectivity index (χ0v) is 15.8. The third kappa shape index (κ3) is 4.85. The number of para-hydroxylation sites is 1. The number of amides is 1. The molecule has 1 saturated heterocycles. The molecule has 1 N–H and O–H groups in total. The van der Waals surface area contributed by atoms with E-state index in [0.717, 1.165) is 26.2 Å². The molecule has 2 aromatic rings. The Labute approximate surface area is 156 Å². The summed E-state index contributed by atoms with van der Waals surface area (Å²) in [4.78, 5) is 17.2. The van der Waals surface area contributed by atoms with E-state index >= 15 is 0 Å². The lowest BCUT2D eigenvalue weighted by Crippen LogP contribution is -2.50. The van der Waals surface area contributed by atoms with Crippen molar-refractivity contribution in [3.8, 4) is 0 Å². The van der Waals surface area contributed by atoms with E-state index in [0.29, 0.717) is 12.5 Å². The highest BCUT2D eigenvalue weighted by Crippen LogP contribution is 2.21. The normalized spacial score (nSPS) is 16.5. The summed E-state index contributed by atoms with van der Waals surface area (Å²) in [5, 5.41) is 3.23. The predicted molar refractivity (Wildman–Crippen MR) is 107 cm³/mol. The van der Waals surface area contributed by atoms with Gasteiger partial charge < -0.3 is 10.2 Å². The Balaban J connectivity index is 1.51. The highest BCUT2D eigenvalue weighted by molar-refractivity contribution is 5.78. The van der Waals surface area contributed by atoms with Crippen LogP contribution in [-0.4, -0.2) is 43.5 Å². The lowest BCUT2D eigenvalue weighted by molar-refractivity contribution is -0.123. The Bertz CT molecular complexity index is 679. The molecule has 26 heavy (non-hydrogen) atoms. The average Bonchev–Trinajstić information content (AvgIpc) is 2.68. The Morgan fingerprint density at radius 2 is 1.50 bits per heavy atom. The van der Waals surface area contributed by atoms with Crippen LogP contribution in [0.25, 0.3) is 0 Å². The number of hydrogen-bond donors (Lipinski definition) is 1. The van der Waals surface area contributed by atoms with Gasteiger partial charge in [-0.3, -0.25) is 9.69 Å². The maximum atomic E-state index is 12.6. The first kappa shape index (κ1) is 18.5. The lowest BCUT2D eigenvalue weighted by atomic mass is 9.96. The fourth-order valence-corrected chi connectivity index (χ4v) is 3.52. The van der Waals surface area contributed by atoms with Gasteiger partial charge in [0.15, 0.2) is 0 Å². The third-order valence-corrected chi connectivity index (χ3v) is 5.00. The van der Waals surface area contributed by atoms with Crippen LogP contribution in [0.3, 0.4) is 0 Å². The smallest absolute Gasteiger partial charge is 0.234 e. The van der Waals surface area contributed by atoms with Crippen LogP contribution >= 0.6 is 0 Å². The number of carbonyl (C=O) groups excluding carboxylic acids is 1. The van der Waals surface area contributed by atoms with Crippen LogP contribution in [0.15, 0.2) is 60.7 Å². The van der Waals surface area contributed by atoms with Gasteiger partial charge in [-0.05, 0) is 23.6 Å². The molecule has 0 aromatic heterocycles. The maximum absolute atomic E-state index is 12.6. The molecular weight excluding hydrogens is 322 g/mol. The summed E-state index contributed by atoms with van der Waals surface area (Å²) in [5.74, 6) is 0.469. The minimum Gasteiger partial charge on any atom is -0.369 e. The van der Waals surface area contributed by atoms with Crippen molar-refractivity contribution >= 4 is 11.6 Å². The van der Waals surface area contributed by atoms with Gasteiger partial charge >= 0.3 is 0 Å². The Hall–Kier alpha value is -2.33. The van der Waals surface area contributed by atoms with Gasteiger partial charge in [-0.25, -0.2) is 0 Å². The zero-order chi connectivity index (χ0) is 18.4. The minimum atomic E-state index is 0.0642. The van der Waals surface area contributed by atoms with Gasteiger partial charge in [0.2, 0.25) is 5.91 Å². The van der Waals surface area contributed by atoms with E-state index < -0.39 is 0 Å². The summed E-state index contributed by atoms with van der Waals surface area (Å²) in [6.07, 6.45) is 0. The second-order valence-corrected chi connectivity index (χ2v) is 7.30. The molecule has 0 bridgehead atoms. The molecule has 0 aliphatic carbocycles. The first-order valence-electron chi connectivity index (χ1n) is 9.50. The Morgan fingerprint density at radius 1 is 0.923 bits per heavy atom. The lowest BCUT2D eigenvalue weighted by Gasteiger charge is -2.36. The molecule has 1 unspecified atom stereocenters. The molecule has 1 aliphatic rings. The largest absolute Gasteiger partial charge is 0.369 e. The molecule has 4 heteroatoms. The molecule has 1 atom stereocenters. The van der Waals surface area contributed by atoms with E-state index in [4.69, 9.17) is 0 Å². The number of nitrogens with zero attached hydrogens (tertiary/aromatic N) is 2. The zero-order valence-electron chi connectivity index (χ0n) is 15.8. The SMILES string of the molecule is CC(C)C(NC(=O)CN1CCN(c2ccccc2)CC1)c1ccccc1. The van der Waals surface area contributed by atoms with Crippen molar-refractivity contribution in [2.75, 3.05) is 37.6 Å². The number of carbonyl (C=O) groups is 1. The Morgan fingerprint density at radius 3 is 2.08 bits per heavy atom. The molecule has 1 heterocycles. The number of benzene rings is 2. The van der Waals surface area contributed by atoms with E-state index in [1.54, 1.807) is 0 Å². The number of rotatable bonds is 6. The molecule has 138 valence electrons. The number of nitrogens with one attached hydrogen (secondary N) is 1. The molecule has 0 spiro atoms. The summed E-state index contributed by atoms with van der Waals surface area (Å²) < 4.78 is 0. The number of hydrogen-bond acceptors (Lipinski definition) is 3. The van der Waals surface area contributed by atoms with E-state index in [-0.39, 0.29) is 11.9 Å². The molecule has 0 saturated carbocycles. The standard InChI is InChI=1S/C22H29N3O/c1-18(2)22(19-9-5-3-6-10-19)23-21(26)17-24-13-15-25(16-14-24)20-11-7-4-8-12-20/h3-12,18,22H,13-17H2,1-2H3,(H,23,26). The van der Waals surface area contributed by atoms with E-state index in [1.807, 2.05) is 24.3 Å². The van der Waals surface area contributed by atoms with Crippen LogP contribution in [0.1, 0.15) is 25.5 Å². The highest BCUT2D eigenvalue weighted by Gasteiger charge is 2.22. The van der Waals surface area contributed by atoms with Crippen LogP contribution in [0.5, 0.6) is 0 Å². The van der Waals surface area contributed by atoms with Gasteiger partial charge in [0.1, 0.15) is 0 Å². The summed E-state index contributed by atoms with van der Waals surface area (Å²) >= 11 is 0. The van der Waals surface area contributed by atoms with E-state index in [1.165, 1.54) is 11.3 Å². The van der Waals surface area contributed by atoms with Crippen LogP contribution in [0, 0.1) is 5.92 Å². The van der Waals surface area contributed by atoms with Crippen molar-refractivity contribution < 1.29 is 4.79 Å². The van der Waals surface area contributed by atoms with Gasteiger partial charge in [0.25, 0.3) is 0 Å². The third-order valence-electron chi connectivity index (χ3n) is 5.00. The molecule has 2 aromatic carbocycles. The topological polar surface area (TPSA) is 35.6 Å². The number of anilines is 1. The second kappa shape index (κ2) is 8.86. The molecule has 1 fully saturated rings. The summed E-state index contributed by atoms with van der Waals surface area (Å²) in [6.45, 7) is 8.53. The monoisotopic (exact) mass is 351 g/mol. The summed E-state index contributed by atoms with van der Waals surface area (Å²) in [7, 11) is 0. The molecular formula is C22H29N3O. The van der Waals surface area contributed by atoms with Gasteiger partial charge in [0, 0.05) is 31.9 Å². The fraction of sp³-hybridized carbons (Fsp3) is 0.409. The van der Waals surface area contributed by atoms with E-state index in [2.05, 4.69) is 65.4 Å². The molecule has 1 amide bonds. The molecule has 1 aliphatic heterocycles. The highest BCUT2D eigenvalue weighted by atomic mass is 16.2. The van der Waals surface area contributed by atoms with Crippen LogP contribution in [0.2, 0.25) is 0 Å². The predicted octanol–water partition coefficient (Wildman–Crippen LogP) is 3.32. The van der Waals surface area contributed by atoms with Crippen molar-refractivity contribution in [2.24, 2.45) is 5.92 Å². The van der Waals surface area contributed by atoms with Crippen molar-refractivity contribution in [2.45, 2.75) is 19.9 Å².